The summed E-state index contributed by atoms with van der Waals surface area (Å²) in [7, 11) is 0. The number of fused-ring (bicyclic) bond motifs is 1. The van der Waals surface area contributed by atoms with Crippen molar-refractivity contribution in [2.45, 2.75) is 25.2 Å². The van der Waals surface area contributed by atoms with Gasteiger partial charge in [0.25, 0.3) is 0 Å². The number of hydrazone groups is 1. The predicted octanol–water partition coefficient (Wildman–Crippen LogP) is 0.696. The standard InChI is InChI=1S/C21H24N8O2/c1-13-5-6-15(31-13)17-26-19(22)27-18-21(23,8-24-29(17)18)16-4-2-3-14(25-16)7-28-9-20(10-28)11-30-12-20/h2-6,8,17H,7,9-12,23H2,1H3,(H2,22,26). The van der Waals surface area contributed by atoms with Gasteiger partial charge in [0.1, 0.15) is 5.76 Å². The molecular formula is C21H24N8O2. The second-order valence-corrected chi connectivity index (χ2v) is 8.86. The summed E-state index contributed by atoms with van der Waals surface area (Å²) in [5.41, 5.74) is 13.7. The van der Waals surface area contributed by atoms with Crippen LogP contribution in [0.2, 0.25) is 0 Å². The highest BCUT2D eigenvalue weighted by Gasteiger charge is 2.49. The Morgan fingerprint density at radius 3 is 2.74 bits per heavy atom. The van der Waals surface area contributed by atoms with Crippen molar-refractivity contribution < 1.29 is 9.15 Å². The molecule has 2 aromatic heterocycles. The third-order valence-corrected chi connectivity index (χ3v) is 6.25. The number of furan rings is 1. The van der Waals surface area contributed by atoms with Crippen molar-refractivity contribution in [1.29, 1.82) is 0 Å². The Hall–Kier alpha value is -3.08. The Morgan fingerprint density at radius 1 is 1.19 bits per heavy atom. The average Bonchev–Trinajstić information content (AvgIpc) is 3.27. The summed E-state index contributed by atoms with van der Waals surface area (Å²) < 4.78 is 11.1. The molecule has 1 spiro atoms. The molecule has 2 saturated heterocycles. The lowest BCUT2D eigenvalue weighted by Gasteiger charge is -2.55. The SMILES string of the molecule is Cc1ccc(C2N=C(N)N=C3N2N=CC3(N)c2cccc(CN3CC4(COC4)C3)n2)o1. The summed E-state index contributed by atoms with van der Waals surface area (Å²) >= 11 is 0. The highest BCUT2D eigenvalue weighted by Crippen LogP contribution is 2.38. The van der Waals surface area contributed by atoms with Crippen LogP contribution in [0.25, 0.3) is 0 Å². The van der Waals surface area contributed by atoms with Gasteiger partial charge in [-0.05, 0) is 31.2 Å². The van der Waals surface area contributed by atoms with Gasteiger partial charge in [0, 0.05) is 25.0 Å². The van der Waals surface area contributed by atoms with Crippen molar-refractivity contribution >= 4 is 18.0 Å². The predicted molar refractivity (Wildman–Crippen MR) is 114 cm³/mol. The van der Waals surface area contributed by atoms with Crippen LogP contribution in [0, 0.1) is 12.3 Å². The van der Waals surface area contributed by atoms with Gasteiger partial charge in [-0.2, -0.15) is 10.1 Å². The lowest BCUT2D eigenvalue weighted by Crippen LogP contribution is -2.65. The highest BCUT2D eigenvalue weighted by molar-refractivity contribution is 6.14. The number of nitrogens with zero attached hydrogens (tertiary/aromatic N) is 6. The number of rotatable bonds is 4. The van der Waals surface area contributed by atoms with Crippen molar-refractivity contribution in [2.75, 3.05) is 26.3 Å². The molecule has 2 atom stereocenters. The molecule has 0 amide bonds. The maximum absolute atomic E-state index is 6.81. The van der Waals surface area contributed by atoms with Gasteiger partial charge in [-0.3, -0.25) is 9.88 Å². The van der Waals surface area contributed by atoms with E-state index in [2.05, 4.69) is 20.0 Å². The molecule has 10 heteroatoms. The van der Waals surface area contributed by atoms with Crippen LogP contribution >= 0.6 is 0 Å². The van der Waals surface area contributed by atoms with Gasteiger partial charge in [-0.1, -0.05) is 6.07 Å². The number of guanidine groups is 1. The summed E-state index contributed by atoms with van der Waals surface area (Å²) in [6.45, 7) is 6.49. The molecule has 160 valence electrons. The number of aryl methyl sites for hydroxylation is 1. The number of aromatic nitrogens is 1. The Labute approximate surface area is 179 Å². The second kappa shape index (κ2) is 6.46. The summed E-state index contributed by atoms with van der Waals surface area (Å²) in [6, 6.07) is 9.62. The van der Waals surface area contributed by atoms with Crippen molar-refractivity contribution in [3.05, 3.63) is 53.2 Å². The molecular weight excluding hydrogens is 396 g/mol. The first-order valence-corrected chi connectivity index (χ1v) is 10.3. The van der Waals surface area contributed by atoms with E-state index in [-0.39, 0.29) is 5.96 Å². The number of aliphatic imine (C=N–C) groups is 2. The quantitative estimate of drug-likeness (QED) is 0.744. The third kappa shape index (κ3) is 2.90. The topological polar surface area (TPSA) is 131 Å². The molecule has 4 aliphatic heterocycles. The first kappa shape index (κ1) is 18.7. The van der Waals surface area contributed by atoms with Crippen LogP contribution in [-0.4, -0.2) is 59.2 Å². The molecule has 2 unspecified atom stereocenters. The van der Waals surface area contributed by atoms with Crippen molar-refractivity contribution in [1.82, 2.24) is 14.9 Å². The van der Waals surface area contributed by atoms with Gasteiger partial charge >= 0.3 is 0 Å². The van der Waals surface area contributed by atoms with E-state index >= 15 is 0 Å². The largest absolute Gasteiger partial charge is 0.462 e. The number of pyridine rings is 1. The molecule has 0 saturated carbocycles. The lowest BCUT2D eigenvalue weighted by atomic mass is 9.78. The maximum atomic E-state index is 6.81. The molecule has 31 heavy (non-hydrogen) atoms. The Morgan fingerprint density at radius 2 is 2.03 bits per heavy atom. The van der Waals surface area contributed by atoms with Gasteiger partial charge in [-0.15, -0.1) is 0 Å². The lowest BCUT2D eigenvalue weighted by molar-refractivity contribution is -0.191. The molecule has 4 N–H and O–H groups in total. The van der Waals surface area contributed by atoms with E-state index in [1.165, 1.54) is 0 Å². The van der Waals surface area contributed by atoms with Crippen molar-refractivity contribution in [3.63, 3.8) is 0 Å². The van der Waals surface area contributed by atoms with Crippen LogP contribution in [0.5, 0.6) is 0 Å². The van der Waals surface area contributed by atoms with Gasteiger partial charge < -0.3 is 20.6 Å². The number of amidine groups is 1. The monoisotopic (exact) mass is 420 g/mol. The molecule has 0 aromatic carbocycles. The van der Waals surface area contributed by atoms with E-state index in [1.54, 1.807) is 11.2 Å². The summed E-state index contributed by atoms with van der Waals surface area (Å²) in [6.07, 6.45) is 1.10. The van der Waals surface area contributed by atoms with E-state index in [0.29, 0.717) is 22.7 Å². The fraction of sp³-hybridized carbons (Fsp3) is 0.429. The molecule has 2 aromatic rings. The molecule has 4 aliphatic rings. The van der Waals surface area contributed by atoms with E-state index in [9.17, 15) is 0 Å². The minimum absolute atomic E-state index is 0.135. The summed E-state index contributed by atoms with van der Waals surface area (Å²) in [4.78, 5) is 16.1. The van der Waals surface area contributed by atoms with Crippen LogP contribution in [0.15, 0.2) is 49.8 Å². The molecule has 0 bridgehead atoms. The number of hydrogen-bond acceptors (Lipinski definition) is 10. The molecule has 0 radical (unpaired) electrons. The number of likely N-dealkylation sites (tertiary alicyclic amines) is 1. The zero-order chi connectivity index (χ0) is 21.2. The van der Waals surface area contributed by atoms with Crippen LogP contribution in [-0.2, 0) is 16.8 Å². The first-order valence-electron chi connectivity index (χ1n) is 10.3. The van der Waals surface area contributed by atoms with Gasteiger partial charge in [0.2, 0.25) is 12.1 Å². The molecule has 2 fully saturated rings. The Kier molecular flexibility index (Phi) is 3.89. The minimum atomic E-state index is -1.10. The summed E-state index contributed by atoms with van der Waals surface area (Å²) in [5, 5.41) is 6.16. The maximum Gasteiger partial charge on any atom is 0.219 e. The fourth-order valence-corrected chi connectivity index (χ4v) is 4.67. The van der Waals surface area contributed by atoms with Gasteiger partial charge in [0.05, 0.1) is 30.8 Å². The number of ether oxygens (including phenoxy) is 1. The Balaban J connectivity index is 1.27. The van der Waals surface area contributed by atoms with Gasteiger partial charge in [-0.25, -0.2) is 10.0 Å². The normalized spacial score (nSPS) is 28.7. The highest BCUT2D eigenvalue weighted by atomic mass is 16.5. The number of nitrogens with two attached hydrogens (primary N) is 2. The second-order valence-electron chi connectivity index (χ2n) is 8.86. The van der Waals surface area contributed by atoms with Crippen LogP contribution in [0.3, 0.4) is 0 Å². The smallest absolute Gasteiger partial charge is 0.219 e. The van der Waals surface area contributed by atoms with Crippen LogP contribution in [0.4, 0.5) is 0 Å². The molecule has 6 rings (SSSR count). The summed E-state index contributed by atoms with van der Waals surface area (Å²) in [5.74, 6) is 2.03. The zero-order valence-corrected chi connectivity index (χ0v) is 17.2. The third-order valence-electron chi connectivity index (χ3n) is 6.25. The zero-order valence-electron chi connectivity index (χ0n) is 17.2. The van der Waals surface area contributed by atoms with Crippen LogP contribution in [0.1, 0.15) is 29.1 Å². The van der Waals surface area contributed by atoms with Crippen LogP contribution < -0.4 is 11.5 Å². The minimum Gasteiger partial charge on any atom is -0.462 e. The molecule has 0 aliphatic carbocycles. The first-order chi connectivity index (χ1) is 14.9. The van der Waals surface area contributed by atoms with Crippen molar-refractivity contribution in [3.8, 4) is 0 Å². The molecule has 10 nitrogen and oxygen atoms in total. The van der Waals surface area contributed by atoms with E-state index < -0.39 is 11.7 Å². The average molecular weight is 420 g/mol. The van der Waals surface area contributed by atoms with Crippen molar-refractivity contribution in [2.24, 2.45) is 32.0 Å². The van der Waals surface area contributed by atoms with E-state index in [1.807, 2.05) is 37.3 Å². The molecule has 6 heterocycles. The Bertz CT molecular complexity index is 1130. The van der Waals surface area contributed by atoms with E-state index in [4.69, 9.17) is 25.6 Å². The number of hydrogen-bond donors (Lipinski definition) is 2. The fourth-order valence-electron chi connectivity index (χ4n) is 4.67. The van der Waals surface area contributed by atoms with E-state index in [0.717, 1.165) is 44.3 Å². The van der Waals surface area contributed by atoms with Gasteiger partial charge in [0.15, 0.2) is 17.1 Å².